The molecule has 2 heteroatoms. The Hall–Kier alpha value is -0.0800. The third kappa shape index (κ3) is 6.16. The Bertz CT molecular complexity index is 143. The van der Waals surface area contributed by atoms with E-state index in [0.29, 0.717) is 6.04 Å². The maximum absolute atomic E-state index is 5.02. The number of rotatable bonds is 7. The van der Waals surface area contributed by atoms with Crippen molar-refractivity contribution in [2.24, 2.45) is 5.92 Å². The molecule has 1 aliphatic rings. The minimum atomic E-state index is 0.655. The molecule has 1 atom stereocenters. The molecule has 1 rings (SSSR count). The van der Waals surface area contributed by atoms with Crippen molar-refractivity contribution >= 4 is 0 Å². The molecular formula is C13H27NO. The molecule has 2 nitrogen and oxygen atoms in total. The van der Waals surface area contributed by atoms with E-state index < -0.39 is 0 Å². The highest BCUT2D eigenvalue weighted by atomic mass is 16.5. The third-order valence-electron chi connectivity index (χ3n) is 3.53. The van der Waals surface area contributed by atoms with Gasteiger partial charge in [0.15, 0.2) is 0 Å². The van der Waals surface area contributed by atoms with Gasteiger partial charge in [-0.25, -0.2) is 0 Å². The molecule has 15 heavy (non-hydrogen) atoms. The van der Waals surface area contributed by atoms with Gasteiger partial charge < -0.3 is 10.1 Å². The first kappa shape index (κ1) is 13.0. The van der Waals surface area contributed by atoms with Gasteiger partial charge in [-0.2, -0.15) is 0 Å². The second-order valence-electron chi connectivity index (χ2n) is 4.93. The van der Waals surface area contributed by atoms with Crippen LogP contribution in [0.5, 0.6) is 0 Å². The fourth-order valence-corrected chi connectivity index (χ4v) is 2.47. The summed E-state index contributed by atoms with van der Waals surface area (Å²) >= 11 is 0. The smallest absolute Gasteiger partial charge is 0.0587 e. The average Bonchev–Trinajstić information content (AvgIpc) is 2.28. The van der Waals surface area contributed by atoms with Crippen molar-refractivity contribution in [3.8, 4) is 0 Å². The van der Waals surface area contributed by atoms with E-state index in [1.54, 1.807) is 7.11 Å². The predicted octanol–water partition coefficient (Wildman–Crippen LogP) is 2.97. The second-order valence-corrected chi connectivity index (χ2v) is 4.93. The van der Waals surface area contributed by atoms with E-state index in [1.165, 1.54) is 44.9 Å². The van der Waals surface area contributed by atoms with Gasteiger partial charge in [0.25, 0.3) is 0 Å². The molecule has 1 saturated carbocycles. The van der Waals surface area contributed by atoms with Crippen molar-refractivity contribution in [3.05, 3.63) is 0 Å². The molecule has 0 aliphatic heterocycles. The lowest BCUT2D eigenvalue weighted by Gasteiger charge is -2.23. The van der Waals surface area contributed by atoms with Gasteiger partial charge >= 0.3 is 0 Å². The number of hydrogen-bond acceptors (Lipinski definition) is 2. The minimum absolute atomic E-state index is 0.655. The Labute approximate surface area is 94.8 Å². The molecular weight excluding hydrogens is 186 g/mol. The van der Waals surface area contributed by atoms with Crippen LogP contribution in [0, 0.1) is 5.92 Å². The molecule has 0 radical (unpaired) electrons. The average molecular weight is 213 g/mol. The molecule has 90 valence electrons. The van der Waals surface area contributed by atoms with Crippen LogP contribution in [0.25, 0.3) is 0 Å². The molecule has 0 saturated heterocycles. The van der Waals surface area contributed by atoms with Crippen molar-refractivity contribution < 1.29 is 4.74 Å². The topological polar surface area (TPSA) is 21.3 Å². The van der Waals surface area contributed by atoms with Gasteiger partial charge in [-0.1, -0.05) is 32.1 Å². The van der Waals surface area contributed by atoms with E-state index in [1.807, 2.05) is 0 Å². The van der Waals surface area contributed by atoms with E-state index >= 15 is 0 Å². The molecule has 0 bridgehead atoms. The second kappa shape index (κ2) is 8.12. The van der Waals surface area contributed by atoms with Crippen molar-refractivity contribution in [2.75, 3.05) is 20.3 Å². The van der Waals surface area contributed by atoms with Crippen LogP contribution in [-0.2, 0) is 4.74 Å². The Morgan fingerprint density at radius 3 is 2.67 bits per heavy atom. The molecule has 0 aromatic carbocycles. The monoisotopic (exact) mass is 213 g/mol. The van der Waals surface area contributed by atoms with Crippen LogP contribution >= 0.6 is 0 Å². The largest absolute Gasteiger partial charge is 0.383 e. The van der Waals surface area contributed by atoms with Gasteiger partial charge in [0.2, 0.25) is 0 Å². The van der Waals surface area contributed by atoms with E-state index in [-0.39, 0.29) is 0 Å². The molecule has 1 N–H and O–H groups in total. The van der Waals surface area contributed by atoms with Crippen molar-refractivity contribution in [1.29, 1.82) is 0 Å². The number of nitrogens with one attached hydrogen (secondary N) is 1. The molecule has 1 fully saturated rings. The Kier molecular flexibility index (Phi) is 7.03. The zero-order valence-corrected chi connectivity index (χ0v) is 10.4. The first-order chi connectivity index (χ1) is 7.33. The highest BCUT2D eigenvalue weighted by Crippen LogP contribution is 2.27. The van der Waals surface area contributed by atoms with Crippen LogP contribution in [0.1, 0.15) is 51.9 Å². The summed E-state index contributed by atoms with van der Waals surface area (Å²) in [5.41, 5.74) is 0. The normalized spacial score (nSPS) is 20.4. The molecule has 1 unspecified atom stereocenters. The maximum atomic E-state index is 5.02. The van der Waals surface area contributed by atoms with Crippen LogP contribution in [-0.4, -0.2) is 26.3 Å². The molecule has 0 aromatic heterocycles. The lowest BCUT2D eigenvalue weighted by atomic mass is 9.85. The molecule has 0 aromatic rings. The van der Waals surface area contributed by atoms with Gasteiger partial charge in [0.05, 0.1) is 6.61 Å². The summed E-state index contributed by atoms with van der Waals surface area (Å²) in [7, 11) is 1.76. The summed E-state index contributed by atoms with van der Waals surface area (Å²) in [4.78, 5) is 0. The van der Waals surface area contributed by atoms with Crippen molar-refractivity contribution in [3.63, 3.8) is 0 Å². The van der Waals surface area contributed by atoms with Gasteiger partial charge in [0.1, 0.15) is 0 Å². The molecule has 0 spiro atoms. The van der Waals surface area contributed by atoms with Gasteiger partial charge in [-0.3, -0.25) is 0 Å². The van der Waals surface area contributed by atoms with E-state index in [2.05, 4.69) is 12.2 Å². The highest BCUT2D eigenvalue weighted by Gasteiger charge is 2.14. The molecule has 1 aliphatic carbocycles. The third-order valence-corrected chi connectivity index (χ3v) is 3.53. The first-order valence-corrected chi connectivity index (χ1v) is 6.55. The quantitative estimate of drug-likeness (QED) is 0.656. The van der Waals surface area contributed by atoms with Gasteiger partial charge in [-0.05, 0) is 25.7 Å². The standard InChI is InChI=1S/C13H27NO/c1-12(14-10-11-15-2)8-9-13-6-4-3-5-7-13/h12-14H,3-11H2,1-2H3. The number of methoxy groups -OCH3 is 1. The van der Waals surface area contributed by atoms with E-state index in [4.69, 9.17) is 4.74 Å². The lowest BCUT2D eigenvalue weighted by Crippen LogP contribution is -2.29. The summed E-state index contributed by atoms with van der Waals surface area (Å²) in [5.74, 6) is 1.02. The van der Waals surface area contributed by atoms with Gasteiger partial charge in [-0.15, -0.1) is 0 Å². The van der Waals surface area contributed by atoms with Crippen LogP contribution in [0.3, 0.4) is 0 Å². The maximum Gasteiger partial charge on any atom is 0.0587 e. The zero-order chi connectivity index (χ0) is 10.9. The zero-order valence-electron chi connectivity index (χ0n) is 10.4. The van der Waals surface area contributed by atoms with Gasteiger partial charge in [0, 0.05) is 19.7 Å². The van der Waals surface area contributed by atoms with Crippen molar-refractivity contribution in [2.45, 2.75) is 57.9 Å². The summed E-state index contributed by atoms with van der Waals surface area (Å²) in [6.45, 7) is 4.11. The molecule has 0 amide bonds. The lowest BCUT2D eigenvalue weighted by molar-refractivity contribution is 0.194. The Morgan fingerprint density at radius 1 is 1.27 bits per heavy atom. The van der Waals surface area contributed by atoms with Crippen LogP contribution in [0.4, 0.5) is 0 Å². The highest BCUT2D eigenvalue weighted by molar-refractivity contribution is 4.69. The minimum Gasteiger partial charge on any atom is -0.383 e. The molecule has 0 heterocycles. The van der Waals surface area contributed by atoms with E-state index in [9.17, 15) is 0 Å². The van der Waals surface area contributed by atoms with Crippen LogP contribution < -0.4 is 5.32 Å². The first-order valence-electron chi connectivity index (χ1n) is 6.55. The Morgan fingerprint density at radius 2 is 2.00 bits per heavy atom. The van der Waals surface area contributed by atoms with E-state index in [0.717, 1.165) is 19.1 Å². The SMILES string of the molecule is COCCNC(C)CCC1CCCCC1. The summed E-state index contributed by atoms with van der Waals surface area (Å²) < 4.78 is 5.02. The summed E-state index contributed by atoms with van der Waals surface area (Å²) in [6, 6.07) is 0.655. The summed E-state index contributed by atoms with van der Waals surface area (Å²) in [6.07, 6.45) is 10.1. The van der Waals surface area contributed by atoms with Crippen LogP contribution in [0.15, 0.2) is 0 Å². The predicted molar refractivity (Wildman–Crippen MR) is 65.1 cm³/mol. The van der Waals surface area contributed by atoms with Crippen LogP contribution in [0.2, 0.25) is 0 Å². The number of hydrogen-bond donors (Lipinski definition) is 1. The summed E-state index contributed by atoms with van der Waals surface area (Å²) in [5, 5.41) is 3.50. The van der Waals surface area contributed by atoms with Crippen molar-refractivity contribution in [1.82, 2.24) is 5.32 Å². The fraction of sp³-hybridized carbons (Fsp3) is 1.00. The fourth-order valence-electron chi connectivity index (χ4n) is 2.47. The Balaban J connectivity index is 1.97. The number of ether oxygens (including phenoxy) is 1.